The predicted octanol–water partition coefficient (Wildman–Crippen LogP) is 5.00. The summed E-state index contributed by atoms with van der Waals surface area (Å²) in [6.07, 6.45) is 1.72. The number of anilines is 2. The standard InChI is InChI=1S/C31H40N6O4/c1-31(2,3)41-30(40)35-26-14-10-9-13-25(26)34-28(38)27-16-15-24(21-33-27)22-37(20-19-36(4)5)29(39)32-18-17-23-11-7-6-8-12-23/h6-16,21H,17-20,22H2,1-5H3,(H,32,39)(H,34,38)(H,35,40). The van der Waals surface area contributed by atoms with Gasteiger partial charge in [-0.25, -0.2) is 9.59 Å². The first-order chi connectivity index (χ1) is 19.5. The Balaban J connectivity index is 1.61. The number of pyridine rings is 1. The molecule has 41 heavy (non-hydrogen) atoms. The minimum atomic E-state index is -0.654. The molecule has 0 saturated heterocycles. The van der Waals surface area contributed by atoms with Gasteiger partial charge in [-0.05, 0) is 70.6 Å². The molecule has 1 heterocycles. The fourth-order valence-electron chi connectivity index (χ4n) is 3.82. The van der Waals surface area contributed by atoms with Crippen molar-refractivity contribution in [1.29, 1.82) is 0 Å². The molecule has 0 fully saturated rings. The van der Waals surface area contributed by atoms with Gasteiger partial charge < -0.3 is 25.2 Å². The average molecular weight is 561 g/mol. The van der Waals surface area contributed by atoms with Crippen molar-refractivity contribution >= 4 is 29.4 Å². The number of rotatable bonds is 11. The zero-order chi connectivity index (χ0) is 29.8. The topological polar surface area (TPSA) is 116 Å². The van der Waals surface area contributed by atoms with Crippen LogP contribution in [0.5, 0.6) is 0 Å². The molecule has 3 rings (SSSR count). The van der Waals surface area contributed by atoms with E-state index in [1.165, 1.54) is 0 Å². The van der Waals surface area contributed by atoms with Crippen molar-refractivity contribution in [3.05, 3.63) is 89.7 Å². The Bertz CT molecular complexity index is 1290. The number of hydrogen-bond acceptors (Lipinski definition) is 6. The molecule has 218 valence electrons. The number of likely N-dealkylation sites (N-methyl/N-ethyl adjacent to an activating group) is 1. The third kappa shape index (κ3) is 10.9. The van der Waals surface area contributed by atoms with Gasteiger partial charge in [0.05, 0.1) is 11.4 Å². The monoisotopic (exact) mass is 560 g/mol. The highest BCUT2D eigenvalue weighted by Gasteiger charge is 2.19. The Morgan fingerprint density at radius 3 is 2.10 bits per heavy atom. The van der Waals surface area contributed by atoms with Crippen LogP contribution in [0.1, 0.15) is 42.4 Å². The lowest BCUT2D eigenvalue weighted by atomic mass is 10.1. The van der Waals surface area contributed by atoms with Crippen molar-refractivity contribution in [2.24, 2.45) is 0 Å². The van der Waals surface area contributed by atoms with Crippen LogP contribution in [0.4, 0.5) is 21.0 Å². The summed E-state index contributed by atoms with van der Waals surface area (Å²) < 4.78 is 5.31. The van der Waals surface area contributed by atoms with Crippen LogP contribution in [0.3, 0.4) is 0 Å². The minimum Gasteiger partial charge on any atom is -0.444 e. The van der Waals surface area contributed by atoms with E-state index >= 15 is 0 Å². The second kappa shape index (κ2) is 14.8. The van der Waals surface area contributed by atoms with Gasteiger partial charge in [0.1, 0.15) is 11.3 Å². The lowest BCUT2D eigenvalue weighted by Crippen LogP contribution is -2.43. The molecule has 0 aliphatic carbocycles. The quantitative estimate of drug-likeness (QED) is 0.304. The van der Waals surface area contributed by atoms with Crippen LogP contribution in [-0.2, 0) is 17.7 Å². The molecule has 3 aromatic rings. The zero-order valence-corrected chi connectivity index (χ0v) is 24.4. The third-order valence-corrected chi connectivity index (χ3v) is 5.88. The zero-order valence-electron chi connectivity index (χ0n) is 24.4. The summed E-state index contributed by atoms with van der Waals surface area (Å²) in [4.78, 5) is 46.2. The number of benzene rings is 2. The van der Waals surface area contributed by atoms with Crippen LogP contribution in [0.15, 0.2) is 72.9 Å². The first-order valence-corrected chi connectivity index (χ1v) is 13.6. The summed E-state index contributed by atoms with van der Waals surface area (Å²) in [6.45, 7) is 7.44. The Labute approximate surface area is 242 Å². The van der Waals surface area contributed by atoms with Gasteiger partial charge in [0.15, 0.2) is 0 Å². The molecule has 0 unspecified atom stereocenters. The van der Waals surface area contributed by atoms with Gasteiger partial charge in [-0.1, -0.05) is 48.5 Å². The molecule has 2 aromatic carbocycles. The SMILES string of the molecule is CN(C)CCN(Cc1ccc(C(=O)Nc2ccccc2NC(=O)OC(C)(C)C)nc1)C(=O)NCCc1ccccc1. The van der Waals surface area contributed by atoms with Crippen LogP contribution in [-0.4, -0.2) is 72.1 Å². The summed E-state index contributed by atoms with van der Waals surface area (Å²) in [6, 6.07) is 20.1. The number of nitrogens with zero attached hydrogens (tertiary/aromatic N) is 3. The van der Waals surface area contributed by atoms with Gasteiger partial charge in [0.2, 0.25) is 0 Å². The van der Waals surface area contributed by atoms with E-state index < -0.39 is 17.6 Å². The molecule has 0 bridgehead atoms. The highest BCUT2D eigenvalue weighted by atomic mass is 16.6. The van der Waals surface area contributed by atoms with Crippen LogP contribution in [0, 0.1) is 0 Å². The summed E-state index contributed by atoms with van der Waals surface area (Å²) >= 11 is 0. The van der Waals surface area contributed by atoms with Gasteiger partial charge >= 0.3 is 12.1 Å². The van der Waals surface area contributed by atoms with E-state index in [1.54, 1.807) is 68.3 Å². The van der Waals surface area contributed by atoms with Gasteiger partial charge in [0.25, 0.3) is 5.91 Å². The number of amides is 4. The van der Waals surface area contributed by atoms with Gasteiger partial charge in [0, 0.05) is 32.4 Å². The lowest BCUT2D eigenvalue weighted by Gasteiger charge is -2.25. The van der Waals surface area contributed by atoms with Crippen LogP contribution >= 0.6 is 0 Å². The maximum atomic E-state index is 13.0. The maximum absolute atomic E-state index is 13.0. The largest absolute Gasteiger partial charge is 0.444 e. The second-order valence-electron chi connectivity index (χ2n) is 10.9. The van der Waals surface area contributed by atoms with E-state index in [0.29, 0.717) is 37.6 Å². The number of hydrogen-bond donors (Lipinski definition) is 3. The lowest BCUT2D eigenvalue weighted by molar-refractivity contribution is 0.0635. The maximum Gasteiger partial charge on any atom is 0.412 e. The molecular weight excluding hydrogens is 520 g/mol. The number of nitrogens with one attached hydrogen (secondary N) is 3. The van der Waals surface area contributed by atoms with Gasteiger partial charge in [-0.15, -0.1) is 0 Å². The molecule has 4 amide bonds. The third-order valence-electron chi connectivity index (χ3n) is 5.88. The summed E-state index contributed by atoms with van der Waals surface area (Å²) in [5.41, 5.74) is 2.32. The molecule has 0 atom stereocenters. The minimum absolute atomic E-state index is 0.154. The molecule has 1 aromatic heterocycles. The Morgan fingerprint density at radius 2 is 1.49 bits per heavy atom. The predicted molar refractivity (Wildman–Crippen MR) is 161 cm³/mol. The first kappa shape index (κ1) is 31.1. The fraction of sp³-hybridized carbons (Fsp3) is 0.355. The van der Waals surface area contributed by atoms with Crippen LogP contribution in [0.2, 0.25) is 0 Å². The van der Waals surface area contributed by atoms with Crippen molar-refractivity contribution in [2.45, 2.75) is 39.3 Å². The molecule has 0 radical (unpaired) electrons. The van der Waals surface area contributed by atoms with E-state index in [2.05, 4.69) is 20.9 Å². The number of carbonyl (C=O) groups is 3. The van der Waals surface area contributed by atoms with E-state index in [4.69, 9.17) is 4.74 Å². The normalized spacial score (nSPS) is 11.1. The van der Waals surface area contributed by atoms with Gasteiger partial charge in [-0.3, -0.25) is 15.1 Å². The molecule has 3 N–H and O–H groups in total. The van der Waals surface area contributed by atoms with Crippen molar-refractivity contribution < 1.29 is 19.1 Å². The summed E-state index contributed by atoms with van der Waals surface area (Å²) in [7, 11) is 3.92. The van der Waals surface area contributed by atoms with Crippen molar-refractivity contribution in [3.63, 3.8) is 0 Å². The van der Waals surface area contributed by atoms with Crippen molar-refractivity contribution in [2.75, 3.05) is 44.4 Å². The molecular formula is C31H40N6O4. The highest BCUT2D eigenvalue weighted by Crippen LogP contribution is 2.22. The molecule has 0 saturated carbocycles. The van der Waals surface area contributed by atoms with E-state index in [-0.39, 0.29) is 11.7 Å². The Kier molecular flexibility index (Phi) is 11.2. The number of para-hydroxylation sites is 2. The van der Waals surface area contributed by atoms with Crippen molar-refractivity contribution in [1.82, 2.24) is 20.1 Å². The highest BCUT2D eigenvalue weighted by molar-refractivity contribution is 6.05. The average Bonchev–Trinajstić information content (AvgIpc) is 2.91. The van der Waals surface area contributed by atoms with Crippen LogP contribution < -0.4 is 16.0 Å². The smallest absolute Gasteiger partial charge is 0.412 e. The molecule has 0 aliphatic rings. The van der Waals surface area contributed by atoms with Gasteiger partial charge in [-0.2, -0.15) is 0 Å². The molecule has 0 spiro atoms. The summed E-state index contributed by atoms with van der Waals surface area (Å²) in [5, 5.41) is 8.47. The number of carbonyl (C=O) groups excluding carboxylic acids is 3. The number of urea groups is 1. The molecule has 10 nitrogen and oxygen atoms in total. The summed E-state index contributed by atoms with van der Waals surface area (Å²) in [5.74, 6) is -0.432. The molecule has 10 heteroatoms. The Morgan fingerprint density at radius 1 is 0.829 bits per heavy atom. The fourth-order valence-corrected chi connectivity index (χ4v) is 3.82. The van der Waals surface area contributed by atoms with E-state index in [9.17, 15) is 14.4 Å². The number of ether oxygens (including phenoxy) is 1. The van der Waals surface area contributed by atoms with E-state index in [1.807, 2.05) is 49.3 Å². The second-order valence-corrected chi connectivity index (χ2v) is 10.9. The number of aromatic nitrogens is 1. The van der Waals surface area contributed by atoms with Crippen LogP contribution in [0.25, 0.3) is 0 Å². The van der Waals surface area contributed by atoms with E-state index in [0.717, 1.165) is 17.5 Å². The molecule has 0 aliphatic heterocycles. The Hall–Kier alpha value is -4.44. The van der Waals surface area contributed by atoms with Crippen molar-refractivity contribution in [3.8, 4) is 0 Å². The first-order valence-electron chi connectivity index (χ1n) is 13.6.